The Hall–Kier alpha value is -2.90. The molecule has 1 amide bonds. The number of thiazole rings is 1. The fraction of sp³-hybridized carbons (Fsp3) is 0.150. The topological polar surface area (TPSA) is 77.5 Å². The first-order chi connectivity index (χ1) is 13.5. The molecule has 0 bridgehead atoms. The van der Waals surface area contributed by atoms with Gasteiger partial charge in [-0.05, 0) is 42.5 Å². The second-order valence-corrected chi connectivity index (χ2v) is 7.19. The van der Waals surface area contributed by atoms with Crippen LogP contribution in [-0.4, -0.2) is 16.9 Å². The van der Waals surface area contributed by atoms with Gasteiger partial charge in [0.2, 0.25) is 5.91 Å². The van der Waals surface area contributed by atoms with Crippen LogP contribution in [0.1, 0.15) is 28.0 Å². The van der Waals surface area contributed by atoms with Gasteiger partial charge < -0.3 is 14.8 Å². The van der Waals surface area contributed by atoms with Crippen LogP contribution in [0.2, 0.25) is 5.02 Å². The summed E-state index contributed by atoms with van der Waals surface area (Å²) in [6, 6.07) is 13.6. The van der Waals surface area contributed by atoms with Crippen molar-refractivity contribution in [2.75, 3.05) is 5.32 Å². The van der Waals surface area contributed by atoms with Crippen LogP contribution in [0.25, 0.3) is 0 Å². The molecule has 1 N–H and O–H groups in total. The van der Waals surface area contributed by atoms with Gasteiger partial charge in [-0.1, -0.05) is 17.7 Å². The minimum absolute atomic E-state index is 0.0562. The summed E-state index contributed by atoms with van der Waals surface area (Å²) < 4.78 is 10.9. The molecule has 1 heterocycles. The monoisotopic (exact) mass is 416 g/mol. The van der Waals surface area contributed by atoms with Crippen LogP contribution in [0.4, 0.5) is 5.69 Å². The summed E-state index contributed by atoms with van der Waals surface area (Å²) in [5, 5.41) is 5.87. The molecule has 0 saturated carbocycles. The molecule has 28 heavy (non-hydrogen) atoms. The van der Waals surface area contributed by atoms with Crippen molar-refractivity contribution in [3.8, 4) is 5.75 Å². The van der Waals surface area contributed by atoms with Crippen molar-refractivity contribution in [1.29, 1.82) is 0 Å². The summed E-state index contributed by atoms with van der Waals surface area (Å²) in [6.45, 7) is 1.78. The van der Waals surface area contributed by atoms with Gasteiger partial charge in [0.15, 0.2) is 0 Å². The van der Waals surface area contributed by atoms with E-state index in [9.17, 15) is 9.59 Å². The highest BCUT2D eigenvalue weighted by Gasteiger charge is 2.10. The van der Waals surface area contributed by atoms with Gasteiger partial charge in [-0.3, -0.25) is 4.79 Å². The van der Waals surface area contributed by atoms with Crippen LogP contribution in [0.5, 0.6) is 5.75 Å². The molecule has 3 aromatic rings. The molecule has 0 saturated heterocycles. The van der Waals surface area contributed by atoms with E-state index >= 15 is 0 Å². The van der Waals surface area contributed by atoms with Gasteiger partial charge in [-0.2, -0.15) is 0 Å². The Morgan fingerprint density at radius 3 is 2.68 bits per heavy atom. The maximum absolute atomic E-state index is 12.2. The predicted molar refractivity (Wildman–Crippen MR) is 108 cm³/mol. The third kappa shape index (κ3) is 5.80. The van der Waals surface area contributed by atoms with E-state index in [1.54, 1.807) is 48.5 Å². The molecule has 0 aliphatic heterocycles. The molecule has 0 unspecified atom stereocenters. The smallest absolute Gasteiger partial charge is 0.338 e. The van der Waals surface area contributed by atoms with E-state index in [0.717, 1.165) is 5.01 Å². The number of amides is 1. The van der Waals surface area contributed by atoms with Crippen molar-refractivity contribution in [3.63, 3.8) is 0 Å². The summed E-state index contributed by atoms with van der Waals surface area (Å²) in [7, 11) is 0. The van der Waals surface area contributed by atoms with Crippen LogP contribution >= 0.6 is 22.9 Å². The zero-order chi connectivity index (χ0) is 19.9. The zero-order valence-electron chi connectivity index (χ0n) is 15.0. The molecule has 144 valence electrons. The molecule has 0 fully saturated rings. The number of halogens is 1. The fourth-order valence-electron chi connectivity index (χ4n) is 2.31. The largest absolute Gasteiger partial charge is 0.486 e. The second-order valence-electron chi connectivity index (χ2n) is 5.81. The van der Waals surface area contributed by atoms with Crippen molar-refractivity contribution < 1.29 is 19.1 Å². The summed E-state index contributed by atoms with van der Waals surface area (Å²) in [6.07, 6.45) is 0. The first-order valence-electron chi connectivity index (χ1n) is 8.36. The maximum Gasteiger partial charge on any atom is 0.338 e. The standard InChI is InChI=1S/C20H17ClN2O4S/c1-13(24)22-16-4-2-3-14(9-16)20(25)27-10-17-12-28-19(23-17)11-26-18-7-5-15(21)6-8-18/h2-9,12H,10-11H2,1H3,(H,22,24). The van der Waals surface area contributed by atoms with E-state index in [1.807, 2.05) is 5.38 Å². The number of hydrogen-bond donors (Lipinski definition) is 1. The first-order valence-corrected chi connectivity index (χ1v) is 9.62. The number of nitrogens with one attached hydrogen (secondary N) is 1. The SMILES string of the molecule is CC(=O)Nc1cccc(C(=O)OCc2csc(COc3ccc(Cl)cc3)n2)c1. The Bertz CT molecular complexity index is 972. The minimum atomic E-state index is -0.487. The number of rotatable bonds is 7. The highest BCUT2D eigenvalue weighted by atomic mass is 35.5. The van der Waals surface area contributed by atoms with Crippen molar-refractivity contribution in [2.24, 2.45) is 0 Å². The van der Waals surface area contributed by atoms with Crippen LogP contribution < -0.4 is 10.1 Å². The van der Waals surface area contributed by atoms with Gasteiger partial charge in [0, 0.05) is 23.0 Å². The lowest BCUT2D eigenvalue weighted by Gasteiger charge is -2.06. The molecule has 1 aromatic heterocycles. The van der Waals surface area contributed by atoms with E-state index in [4.69, 9.17) is 21.1 Å². The average Bonchev–Trinajstić information content (AvgIpc) is 3.13. The third-order valence-electron chi connectivity index (χ3n) is 3.55. The van der Waals surface area contributed by atoms with Gasteiger partial charge in [-0.25, -0.2) is 9.78 Å². The molecule has 0 aliphatic rings. The summed E-state index contributed by atoms with van der Waals surface area (Å²) in [5.41, 5.74) is 1.54. The van der Waals surface area contributed by atoms with Crippen LogP contribution in [-0.2, 0) is 22.7 Å². The normalized spacial score (nSPS) is 10.4. The van der Waals surface area contributed by atoms with E-state index in [-0.39, 0.29) is 12.5 Å². The number of hydrogen-bond acceptors (Lipinski definition) is 6. The Morgan fingerprint density at radius 2 is 1.93 bits per heavy atom. The molecule has 2 aromatic carbocycles. The first kappa shape index (κ1) is 19.9. The number of benzene rings is 2. The Morgan fingerprint density at radius 1 is 1.14 bits per heavy atom. The predicted octanol–water partition coefficient (Wildman–Crippen LogP) is 4.69. The van der Waals surface area contributed by atoms with Crippen molar-refractivity contribution in [3.05, 3.63) is 75.2 Å². The summed E-state index contributed by atoms with van der Waals surface area (Å²) in [4.78, 5) is 27.7. The lowest BCUT2D eigenvalue weighted by molar-refractivity contribution is -0.114. The zero-order valence-corrected chi connectivity index (χ0v) is 16.5. The Kier molecular flexibility index (Phi) is 6.62. The van der Waals surface area contributed by atoms with Crippen LogP contribution in [0, 0.1) is 0 Å². The van der Waals surface area contributed by atoms with Gasteiger partial charge in [-0.15, -0.1) is 11.3 Å². The van der Waals surface area contributed by atoms with E-state index in [2.05, 4.69) is 10.3 Å². The number of anilines is 1. The molecule has 0 radical (unpaired) electrons. The highest BCUT2D eigenvalue weighted by molar-refractivity contribution is 7.09. The van der Waals surface area contributed by atoms with E-state index < -0.39 is 5.97 Å². The number of carbonyl (C=O) groups is 2. The highest BCUT2D eigenvalue weighted by Crippen LogP contribution is 2.19. The molecule has 6 nitrogen and oxygen atoms in total. The number of carbonyl (C=O) groups excluding carboxylic acids is 2. The fourth-order valence-corrected chi connectivity index (χ4v) is 3.12. The summed E-state index contributed by atoms with van der Waals surface area (Å²) >= 11 is 7.27. The number of esters is 1. The second kappa shape index (κ2) is 9.34. The lowest BCUT2D eigenvalue weighted by atomic mass is 10.2. The average molecular weight is 417 g/mol. The van der Waals surface area contributed by atoms with Crippen molar-refractivity contribution >= 4 is 40.5 Å². The van der Waals surface area contributed by atoms with Gasteiger partial charge in [0.25, 0.3) is 0 Å². The number of aromatic nitrogens is 1. The quantitative estimate of drug-likeness (QED) is 0.565. The molecule has 0 spiro atoms. The Labute approximate surface area is 171 Å². The summed E-state index contributed by atoms with van der Waals surface area (Å²) in [5.74, 6) is 0.00661. The molecule has 0 atom stereocenters. The number of ether oxygens (including phenoxy) is 2. The van der Waals surface area contributed by atoms with Gasteiger partial charge in [0.1, 0.15) is 24.0 Å². The molecule has 0 aliphatic carbocycles. The Balaban J connectivity index is 1.51. The minimum Gasteiger partial charge on any atom is -0.486 e. The molecule has 3 rings (SSSR count). The lowest BCUT2D eigenvalue weighted by Crippen LogP contribution is -2.09. The molecule has 8 heteroatoms. The van der Waals surface area contributed by atoms with E-state index in [1.165, 1.54) is 18.3 Å². The molecular weight excluding hydrogens is 400 g/mol. The van der Waals surface area contributed by atoms with Gasteiger partial charge >= 0.3 is 5.97 Å². The van der Waals surface area contributed by atoms with Crippen molar-refractivity contribution in [1.82, 2.24) is 4.98 Å². The van der Waals surface area contributed by atoms with Gasteiger partial charge in [0.05, 0.1) is 11.3 Å². The molecular formula is C20H17ClN2O4S. The van der Waals surface area contributed by atoms with Crippen LogP contribution in [0.3, 0.4) is 0 Å². The third-order valence-corrected chi connectivity index (χ3v) is 4.67. The van der Waals surface area contributed by atoms with E-state index in [0.29, 0.717) is 34.3 Å². The number of nitrogens with zero attached hydrogens (tertiary/aromatic N) is 1. The van der Waals surface area contributed by atoms with Crippen LogP contribution in [0.15, 0.2) is 53.9 Å². The van der Waals surface area contributed by atoms with Crippen molar-refractivity contribution in [2.45, 2.75) is 20.1 Å². The maximum atomic E-state index is 12.2.